The molecule has 6 heteroatoms. The lowest BCUT2D eigenvalue weighted by molar-refractivity contribution is 0.102. The molecule has 4 N–H and O–H groups in total. The summed E-state index contributed by atoms with van der Waals surface area (Å²) >= 11 is 0. The first-order chi connectivity index (χ1) is 9.51. The molecule has 0 heterocycles. The number of aromatic hydroxyl groups is 1. The van der Waals surface area contributed by atoms with Crippen LogP contribution in [0.15, 0.2) is 36.4 Å². The highest BCUT2D eigenvalue weighted by molar-refractivity contribution is 6.05. The molecule has 0 atom stereocenters. The monoisotopic (exact) mass is 276 g/mol. The largest absolute Gasteiger partial charge is 0.506 e. The van der Waals surface area contributed by atoms with E-state index in [1.54, 1.807) is 0 Å². The summed E-state index contributed by atoms with van der Waals surface area (Å²) in [7, 11) is 1.44. The van der Waals surface area contributed by atoms with Crippen molar-refractivity contribution in [2.24, 2.45) is 0 Å². The van der Waals surface area contributed by atoms with Crippen molar-refractivity contribution in [2.45, 2.75) is 0 Å². The van der Waals surface area contributed by atoms with Crippen LogP contribution in [0.1, 0.15) is 10.4 Å². The second-order valence-electron chi connectivity index (χ2n) is 4.07. The minimum atomic E-state index is -0.584. The predicted octanol–water partition coefficient (Wildman–Crippen LogP) is 2.37. The summed E-state index contributed by atoms with van der Waals surface area (Å²) in [4.78, 5) is 12.0. The van der Waals surface area contributed by atoms with Crippen molar-refractivity contribution in [1.82, 2.24) is 0 Å². The van der Waals surface area contributed by atoms with Crippen molar-refractivity contribution in [3.8, 4) is 11.5 Å². The van der Waals surface area contributed by atoms with E-state index in [2.05, 4.69) is 5.32 Å². The third-order valence-electron chi connectivity index (χ3n) is 2.71. The number of nitrogens with two attached hydrogens (primary N) is 1. The third kappa shape index (κ3) is 2.80. The van der Waals surface area contributed by atoms with Gasteiger partial charge in [-0.3, -0.25) is 4.79 Å². The molecule has 0 aromatic heterocycles. The zero-order chi connectivity index (χ0) is 14.7. The zero-order valence-electron chi connectivity index (χ0n) is 10.7. The molecule has 2 aromatic rings. The number of carbonyl (C=O) groups is 1. The summed E-state index contributed by atoms with van der Waals surface area (Å²) in [5, 5.41) is 11.9. The maximum Gasteiger partial charge on any atom is 0.255 e. The number of methoxy groups -OCH3 is 1. The molecule has 0 aliphatic heterocycles. The van der Waals surface area contributed by atoms with E-state index in [-0.39, 0.29) is 22.7 Å². The van der Waals surface area contributed by atoms with E-state index >= 15 is 0 Å². The van der Waals surface area contributed by atoms with Crippen molar-refractivity contribution >= 4 is 17.3 Å². The van der Waals surface area contributed by atoms with Crippen LogP contribution in [0, 0.1) is 5.82 Å². The van der Waals surface area contributed by atoms with Crippen LogP contribution in [0.25, 0.3) is 0 Å². The molecule has 0 unspecified atom stereocenters. The average Bonchev–Trinajstić information content (AvgIpc) is 2.44. The highest BCUT2D eigenvalue weighted by Gasteiger charge is 2.11. The molecule has 20 heavy (non-hydrogen) atoms. The van der Waals surface area contributed by atoms with Crippen molar-refractivity contribution < 1.29 is 19.0 Å². The van der Waals surface area contributed by atoms with Gasteiger partial charge in [0.15, 0.2) is 0 Å². The van der Waals surface area contributed by atoms with Gasteiger partial charge in [0, 0.05) is 11.6 Å². The lowest BCUT2D eigenvalue weighted by Crippen LogP contribution is -2.13. The van der Waals surface area contributed by atoms with Gasteiger partial charge in [0.05, 0.1) is 18.5 Å². The number of phenols is 1. The molecule has 2 aromatic carbocycles. The normalized spacial score (nSPS) is 10.1. The summed E-state index contributed by atoms with van der Waals surface area (Å²) in [5.74, 6) is -0.933. The Hall–Kier alpha value is -2.76. The number of amides is 1. The Balaban J connectivity index is 2.25. The maximum absolute atomic E-state index is 13.6. The number of nitrogens with one attached hydrogen (secondary N) is 1. The van der Waals surface area contributed by atoms with Gasteiger partial charge in [-0.15, -0.1) is 0 Å². The molecule has 0 spiro atoms. The fourth-order valence-corrected chi connectivity index (χ4v) is 1.61. The quantitative estimate of drug-likeness (QED) is 0.593. The SMILES string of the molecule is COc1ccc(F)c(NC(=O)c2ccc(N)c(O)c2)c1. The second kappa shape index (κ2) is 5.48. The number of hydrogen-bond donors (Lipinski definition) is 3. The summed E-state index contributed by atoms with van der Waals surface area (Å²) < 4.78 is 18.5. The molecular formula is C14H13FN2O3. The fourth-order valence-electron chi connectivity index (χ4n) is 1.61. The Morgan fingerprint density at radius 2 is 2.05 bits per heavy atom. The van der Waals surface area contributed by atoms with Crippen molar-refractivity contribution in [3.05, 3.63) is 47.8 Å². The number of ether oxygens (including phenoxy) is 1. The van der Waals surface area contributed by atoms with Gasteiger partial charge >= 0.3 is 0 Å². The number of benzene rings is 2. The molecule has 104 valence electrons. The molecule has 0 saturated carbocycles. The summed E-state index contributed by atoms with van der Waals surface area (Å²) in [6, 6.07) is 8.04. The van der Waals surface area contributed by atoms with Crippen LogP contribution < -0.4 is 15.8 Å². The molecule has 0 aliphatic rings. The first-order valence-electron chi connectivity index (χ1n) is 5.74. The molecule has 0 saturated heterocycles. The average molecular weight is 276 g/mol. The van der Waals surface area contributed by atoms with Crippen molar-refractivity contribution in [3.63, 3.8) is 0 Å². The van der Waals surface area contributed by atoms with Crippen molar-refractivity contribution in [1.29, 1.82) is 0 Å². The Morgan fingerprint density at radius 3 is 2.70 bits per heavy atom. The summed E-state index contributed by atoms with van der Waals surface area (Å²) in [6.07, 6.45) is 0. The van der Waals surface area contributed by atoms with Gasteiger partial charge in [-0.1, -0.05) is 0 Å². The van der Waals surface area contributed by atoms with E-state index in [0.29, 0.717) is 5.75 Å². The van der Waals surface area contributed by atoms with Gasteiger partial charge in [-0.2, -0.15) is 0 Å². The first-order valence-corrected chi connectivity index (χ1v) is 5.74. The lowest BCUT2D eigenvalue weighted by atomic mass is 10.1. The van der Waals surface area contributed by atoms with Gasteiger partial charge in [-0.05, 0) is 30.3 Å². The first kappa shape index (κ1) is 13.7. The molecule has 5 nitrogen and oxygen atoms in total. The number of carbonyl (C=O) groups excluding carboxylic acids is 1. The second-order valence-corrected chi connectivity index (χ2v) is 4.07. The Morgan fingerprint density at radius 1 is 1.30 bits per heavy atom. The summed E-state index contributed by atoms with van der Waals surface area (Å²) in [6.45, 7) is 0. The zero-order valence-corrected chi connectivity index (χ0v) is 10.7. The van der Waals surface area contributed by atoms with E-state index in [0.717, 1.165) is 0 Å². The maximum atomic E-state index is 13.6. The Labute approximate surface area is 114 Å². The number of rotatable bonds is 3. The molecule has 0 fully saturated rings. The number of nitrogen functional groups attached to an aromatic ring is 1. The van der Waals surface area contributed by atoms with Crippen LogP contribution in [-0.4, -0.2) is 18.1 Å². The predicted molar refractivity (Wildman–Crippen MR) is 73.4 cm³/mol. The van der Waals surface area contributed by atoms with E-state index in [1.165, 1.54) is 43.5 Å². The number of anilines is 2. The van der Waals surface area contributed by atoms with Crippen LogP contribution in [0.4, 0.5) is 15.8 Å². The molecule has 1 amide bonds. The smallest absolute Gasteiger partial charge is 0.255 e. The Kier molecular flexibility index (Phi) is 3.74. The standard InChI is InChI=1S/C14H13FN2O3/c1-20-9-3-4-10(15)12(7-9)17-14(19)8-2-5-11(16)13(18)6-8/h2-7,18H,16H2,1H3,(H,17,19). The number of phenolic OH excluding ortho intramolecular Hbond substituents is 1. The van der Waals surface area contributed by atoms with E-state index in [1.807, 2.05) is 0 Å². The van der Waals surface area contributed by atoms with Gasteiger partial charge < -0.3 is 20.9 Å². The van der Waals surface area contributed by atoms with Gasteiger partial charge in [0.25, 0.3) is 5.91 Å². The van der Waals surface area contributed by atoms with Crippen LogP contribution in [0.5, 0.6) is 11.5 Å². The van der Waals surface area contributed by atoms with Crippen LogP contribution in [0.3, 0.4) is 0 Å². The van der Waals surface area contributed by atoms with Crippen LogP contribution in [-0.2, 0) is 0 Å². The molecule has 0 radical (unpaired) electrons. The molecule has 0 aliphatic carbocycles. The van der Waals surface area contributed by atoms with Crippen LogP contribution >= 0.6 is 0 Å². The minimum Gasteiger partial charge on any atom is -0.506 e. The van der Waals surface area contributed by atoms with E-state index in [9.17, 15) is 14.3 Å². The van der Waals surface area contributed by atoms with E-state index < -0.39 is 11.7 Å². The minimum absolute atomic E-state index is 0.00864. The number of hydrogen-bond acceptors (Lipinski definition) is 4. The molecule has 2 rings (SSSR count). The third-order valence-corrected chi connectivity index (χ3v) is 2.71. The fraction of sp³-hybridized carbons (Fsp3) is 0.0714. The number of halogens is 1. The topological polar surface area (TPSA) is 84.6 Å². The Bertz CT molecular complexity index is 659. The van der Waals surface area contributed by atoms with E-state index in [4.69, 9.17) is 10.5 Å². The van der Waals surface area contributed by atoms with Crippen molar-refractivity contribution in [2.75, 3.05) is 18.2 Å². The van der Waals surface area contributed by atoms with Gasteiger partial charge in [0.2, 0.25) is 0 Å². The molecular weight excluding hydrogens is 263 g/mol. The lowest BCUT2D eigenvalue weighted by Gasteiger charge is -2.09. The summed E-state index contributed by atoms with van der Waals surface area (Å²) in [5.41, 5.74) is 5.76. The highest BCUT2D eigenvalue weighted by Crippen LogP contribution is 2.24. The van der Waals surface area contributed by atoms with Gasteiger partial charge in [-0.25, -0.2) is 4.39 Å². The molecule has 0 bridgehead atoms. The van der Waals surface area contributed by atoms with Gasteiger partial charge in [0.1, 0.15) is 17.3 Å². The highest BCUT2D eigenvalue weighted by atomic mass is 19.1. The van der Waals surface area contributed by atoms with Crippen LogP contribution in [0.2, 0.25) is 0 Å².